The normalized spacial score (nSPS) is 17.5. The first-order valence-electron chi connectivity index (χ1n) is 10.3. The number of pyridine rings is 1. The van der Waals surface area contributed by atoms with E-state index in [1.54, 1.807) is 44.5 Å². The highest BCUT2D eigenvalue weighted by Crippen LogP contribution is 2.43. The molecule has 32 heavy (non-hydrogen) atoms. The first-order chi connectivity index (χ1) is 15.5. The summed E-state index contributed by atoms with van der Waals surface area (Å²) in [5.41, 5.74) is 2.78. The molecule has 7 nitrogen and oxygen atoms in total. The van der Waals surface area contributed by atoms with E-state index < -0.39 is 12.0 Å². The lowest BCUT2D eigenvalue weighted by atomic mass is 9.79. The lowest BCUT2D eigenvalue weighted by Gasteiger charge is -2.40. The zero-order valence-corrected chi connectivity index (χ0v) is 18.2. The van der Waals surface area contributed by atoms with Crippen LogP contribution in [0.1, 0.15) is 39.1 Å². The van der Waals surface area contributed by atoms with Gasteiger partial charge in [0.1, 0.15) is 0 Å². The van der Waals surface area contributed by atoms with E-state index in [-0.39, 0.29) is 11.8 Å². The Hall–Kier alpha value is -3.87. The van der Waals surface area contributed by atoms with Crippen molar-refractivity contribution in [1.29, 1.82) is 0 Å². The van der Waals surface area contributed by atoms with Crippen molar-refractivity contribution in [1.82, 2.24) is 15.2 Å². The number of carbonyl (C=O) groups excluding carboxylic acids is 2. The lowest BCUT2D eigenvalue weighted by Crippen LogP contribution is -2.45. The van der Waals surface area contributed by atoms with E-state index in [2.05, 4.69) is 10.3 Å². The first kappa shape index (κ1) is 21.4. The quantitative estimate of drug-likeness (QED) is 0.648. The van der Waals surface area contributed by atoms with Crippen LogP contribution in [-0.4, -0.2) is 43.0 Å². The summed E-state index contributed by atoms with van der Waals surface area (Å²) in [5.74, 6) is 0.210. The Bertz CT molecular complexity index is 1130. The van der Waals surface area contributed by atoms with E-state index in [4.69, 9.17) is 9.47 Å². The molecule has 2 atom stereocenters. The Morgan fingerprint density at radius 1 is 1.03 bits per heavy atom. The number of nitrogens with one attached hydrogen (secondary N) is 1. The van der Waals surface area contributed by atoms with Gasteiger partial charge in [-0.25, -0.2) is 0 Å². The average molecular weight is 431 g/mol. The molecule has 0 unspecified atom stereocenters. The SMILES string of the molecule is COc1ccc([C@H]2[C@H](C(=O)NCc3ccccn3)c3ccccc3C(=O)N2C)cc1OC. The van der Waals surface area contributed by atoms with Crippen molar-refractivity contribution >= 4 is 11.8 Å². The second kappa shape index (κ2) is 9.09. The molecule has 0 radical (unpaired) electrons. The summed E-state index contributed by atoms with van der Waals surface area (Å²) in [4.78, 5) is 32.6. The highest BCUT2D eigenvalue weighted by atomic mass is 16.5. The van der Waals surface area contributed by atoms with Crippen LogP contribution in [0.25, 0.3) is 0 Å². The van der Waals surface area contributed by atoms with Crippen molar-refractivity contribution in [3.63, 3.8) is 0 Å². The number of amides is 2. The van der Waals surface area contributed by atoms with Gasteiger partial charge in [0.05, 0.1) is 38.4 Å². The van der Waals surface area contributed by atoms with Crippen LogP contribution in [0.4, 0.5) is 0 Å². The molecular weight excluding hydrogens is 406 g/mol. The van der Waals surface area contributed by atoms with Gasteiger partial charge >= 0.3 is 0 Å². The number of hydrogen-bond acceptors (Lipinski definition) is 5. The van der Waals surface area contributed by atoms with Crippen LogP contribution in [0, 0.1) is 0 Å². The maximum Gasteiger partial charge on any atom is 0.254 e. The zero-order chi connectivity index (χ0) is 22.7. The second-order valence-electron chi connectivity index (χ2n) is 7.58. The minimum atomic E-state index is -0.601. The Morgan fingerprint density at radius 2 is 1.78 bits per heavy atom. The topological polar surface area (TPSA) is 80.8 Å². The number of rotatable bonds is 6. The molecular formula is C25H25N3O4. The summed E-state index contributed by atoms with van der Waals surface area (Å²) in [6, 6.07) is 17.8. The third-order valence-electron chi connectivity index (χ3n) is 5.78. The molecule has 0 spiro atoms. The summed E-state index contributed by atoms with van der Waals surface area (Å²) in [5, 5.41) is 3.00. The standard InChI is InChI=1S/C25H25N3O4/c1-28-23(16-11-12-20(31-2)21(14-16)32-3)22(18-9-4-5-10-19(18)25(28)30)24(29)27-15-17-8-6-7-13-26-17/h4-14,22-23H,15H2,1-3H3,(H,27,29)/t22-,23+/m1/s1. The molecule has 7 heteroatoms. The largest absolute Gasteiger partial charge is 0.493 e. The molecule has 1 aliphatic rings. The van der Waals surface area contributed by atoms with Crippen molar-refractivity contribution in [3.8, 4) is 11.5 Å². The number of fused-ring (bicyclic) bond motifs is 1. The molecule has 4 rings (SSSR count). The molecule has 2 amide bonds. The number of hydrogen-bond donors (Lipinski definition) is 1. The maximum atomic E-state index is 13.5. The Labute approximate surface area is 187 Å². The van der Waals surface area contributed by atoms with Gasteiger partial charge in [0.15, 0.2) is 11.5 Å². The van der Waals surface area contributed by atoms with Crippen molar-refractivity contribution in [2.75, 3.05) is 21.3 Å². The summed E-state index contributed by atoms with van der Waals surface area (Å²) < 4.78 is 10.8. The summed E-state index contributed by atoms with van der Waals surface area (Å²) in [6.07, 6.45) is 1.69. The summed E-state index contributed by atoms with van der Waals surface area (Å²) in [6.45, 7) is 0.300. The van der Waals surface area contributed by atoms with Gasteiger partial charge in [-0.2, -0.15) is 0 Å². The molecule has 0 fully saturated rings. The number of aromatic nitrogens is 1. The van der Waals surface area contributed by atoms with Crippen LogP contribution < -0.4 is 14.8 Å². The van der Waals surface area contributed by atoms with Crippen molar-refractivity contribution in [2.24, 2.45) is 0 Å². The van der Waals surface area contributed by atoms with E-state index in [0.29, 0.717) is 29.2 Å². The molecule has 2 aromatic carbocycles. The van der Waals surface area contributed by atoms with Gasteiger partial charge in [0.25, 0.3) is 5.91 Å². The van der Waals surface area contributed by atoms with Crippen LogP contribution in [-0.2, 0) is 11.3 Å². The van der Waals surface area contributed by atoms with Crippen LogP contribution >= 0.6 is 0 Å². The highest BCUT2D eigenvalue weighted by Gasteiger charge is 2.42. The molecule has 0 saturated heterocycles. The Kier molecular flexibility index (Phi) is 6.07. The maximum absolute atomic E-state index is 13.5. The molecule has 2 heterocycles. The van der Waals surface area contributed by atoms with E-state index in [1.165, 1.54) is 0 Å². The van der Waals surface area contributed by atoms with E-state index in [9.17, 15) is 9.59 Å². The number of ether oxygens (including phenoxy) is 2. The molecule has 164 valence electrons. The van der Waals surface area contributed by atoms with E-state index in [0.717, 1.165) is 11.3 Å². The highest BCUT2D eigenvalue weighted by molar-refractivity contribution is 6.01. The lowest BCUT2D eigenvalue weighted by molar-refractivity contribution is -0.124. The number of nitrogens with zero attached hydrogens (tertiary/aromatic N) is 2. The molecule has 0 saturated carbocycles. The van der Waals surface area contributed by atoms with Crippen LogP contribution in [0.15, 0.2) is 66.9 Å². The fourth-order valence-electron chi connectivity index (χ4n) is 4.20. The van der Waals surface area contributed by atoms with Gasteiger partial charge in [0, 0.05) is 18.8 Å². The number of likely N-dealkylation sites (N-methyl/N-ethyl adjacent to an activating group) is 1. The van der Waals surface area contributed by atoms with Crippen molar-refractivity contribution in [2.45, 2.75) is 18.5 Å². The molecule has 3 aromatic rings. The van der Waals surface area contributed by atoms with Crippen LogP contribution in [0.2, 0.25) is 0 Å². The van der Waals surface area contributed by atoms with Gasteiger partial charge in [0.2, 0.25) is 5.91 Å². The fraction of sp³-hybridized carbons (Fsp3) is 0.240. The molecule has 1 aromatic heterocycles. The summed E-state index contributed by atoms with van der Waals surface area (Å²) in [7, 11) is 4.85. The smallest absolute Gasteiger partial charge is 0.254 e. The predicted octanol–water partition coefficient (Wildman–Crippen LogP) is 3.33. The van der Waals surface area contributed by atoms with Crippen LogP contribution in [0.5, 0.6) is 11.5 Å². The predicted molar refractivity (Wildman–Crippen MR) is 120 cm³/mol. The summed E-state index contributed by atoms with van der Waals surface area (Å²) >= 11 is 0. The fourth-order valence-corrected chi connectivity index (χ4v) is 4.20. The van der Waals surface area contributed by atoms with Gasteiger partial charge < -0.3 is 19.7 Å². The minimum absolute atomic E-state index is 0.130. The molecule has 0 bridgehead atoms. The average Bonchev–Trinajstić information content (AvgIpc) is 2.84. The molecule has 0 aliphatic carbocycles. The minimum Gasteiger partial charge on any atom is -0.493 e. The van der Waals surface area contributed by atoms with Crippen LogP contribution in [0.3, 0.4) is 0 Å². The zero-order valence-electron chi connectivity index (χ0n) is 18.2. The number of benzene rings is 2. The van der Waals surface area contributed by atoms with E-state index in [1.807, 2.05) is 48.5 Å². The number of methoxy groups -OCH3 is 2. The second-order valence-corrected chi connectivity index (χ2v) is 7.58. The van der Waals surface area contributed by atoms with Gasteiger partial charge in [-0.3, -0.25) is 14.6 Å². The Morgan fingerprint density at radius 3 is 2.50 bits per heavy atom. The van der Waals surface area contributed by atoms with E-state index >= 15 is 0 Å². The Balaban J connectivity index is 1.76. The van der Waals surface area contributed by atoms with Crippen molar-refractivity contribution < 1.29 is 19.1 Å². The first-order valence-corrected chi connectivity index (χ1v) is 10.3. The molecule has 1 N–H and O–H groups in total. The third-order valence-corrected chi connectivity index (χ3v) is 5.78. The van der Waals surface area contributed by atoms with Crippen molar-refractivity contribution in [3.05, 3.63) is 89.2 Å². The molecule has 1 aliphatic heterocycles. The van der Waals surface area contributed by atoms with Gasteiger partial charge in [-0.1, -0.05) is 30.3 Å². The van der Waals surface area contributed by atoms with Gasteiger partial charge in [-0.05, 0) is 41.5 Å². The number of carbonyl (C=O) groups is 2. The monoisotopic (exact) mass is 431 g/mol. The van der Waals surface area contributed by atoms with Gasteiger partial charge in [-0.15, -0.1) is 0 Å². The third kappa shape index (κ3) is 3.89.